The number of aromatic amines is 2. The molecule has 0 amide bonds. The number of H-pyrrole nitrogens is 2. The summed E-state index contributed by atoms with van der Waals surface area (Å²) >= 11 is 0. The topological polar surface area (TPSA) is 97.3 Å². The van der Waals surface area contributed by atoms with Gasteiger partial charge >= 0.3 is 0 Å². The maximum Gasteiger partial charge on any atom is 0.155 e. The van der Waals surface area contributed by atoms with Gasteiger partial charge in [0.2, 0.25) is 0 Å². The van der Waals surface area contributed by atoms with E-state index in [1.54, 1.807) is 12.3 Å². The molecular weight excluding hydrogens is 433 g/mol. The van der Waals surface area contributed by atoms with Gasteiger partial charge in [-0.15, -0.1) is 0 Å². The quantitative estimate of drug-likeness (QED) is 0.390. The molecule has 0 aliphatic carbocycles. The molecule has 2 N–H and O–H groups in total. The number of methoxy groups -OCH3 is 1. The fourth-order valence-corrected chi connectivity index (χ4v) is 4.26. The summed E-state index contributed by atoms with van der Waals surface area (Å²) in [5.74, 6) is 1.01. The third-order valence-corrected chi connectivity index (χ3v) is 6.14. The van der Waals surface area contributed by atoms with Crippen molar-refractivity contribution < 1.29 is 9.13 Å². The Kier molecular flexibility index (Phi) is 4.44. The van der Waals surface area contributed by atoms with Crippen LogP contribution in [0.2, 0.25) is 0 Å². The Morgan fingerprint density at radius 1 is 0.941 bits per heavy atom. The molecule has 9 heteroatoms. The standard InChI is InChI=1S/C25H20FN7O/c1-13-28-12-22(33(13)2)15-8-20-23(31-32-25(20)29-11-15)21-10-19-18(4-5-27-24(19)30-21)14-6-16(26)9-17(7-14)34-3/h4-12H,1-3H3,(H,27,30)(H,29,31,32). The number of aryl methyl sites for hydroxylation is 1. The molecule has 34 heavy (non-hydrogen) atoms. The van der Waals surface area contributed by atoms with Crippen molar-refractivity contribution in [1.29, 1.82) is 0 Å². The van der Waals surface area contributed by atoms with Crippen LogP contribution < -0.4 is 4.74 Å². The van der Waals surface area contributed by atoms with Gasteiger partial charge in [-0.3, -0.25) is 5.10 Å². The number of hydrogen-bond donors (Lipinski definition) is 2. The molecule has 1 aromatic carbocycles. The monoisotopic (exact) mass is 453 g/mol. The second-order valence-corrected chi connectivity index (χ2v) is 8.13. The van der Waals surface area contributed by atoms with Gasteiger partial charge in [0.1, 0.15) is 28.7 Å². The highest BCUT2D eigenvalue weighted by molar-refractivity contribution is 5.99. The highest BCUT2D eigenvalue weighted by Crippen LogP contribution is 2.35. The number of pyridine rings is 2. The van der Waals surface area contributed by atoms with Crippen LogP contribution >= 0.6 is 0 Å². The molecule has 0 fully saturated rings. The van der Waals surface area contributed by atoms with Crippen molar-refractivity contribution >= 4 is 22.1 Å². The summed E-state index contributed by atoms with van der Waals surface area (Å²) in [5, 5.41) is 9.25. The maximum absolute atomic E-state index is 14.2. The average molecular weight is 453 g/mol. The van der Waals surface area contributed by atoms with Crippen LogP contribution in [0.3, 0.4) is 0 Å². The Balaban J connectivity index is 1.50. The van der Waals surface area contributed by atoms with Crippen LogP contribution in [0, 0.1) is 12.7 Å². The zero-order valence-corrected chi connectivity index (χ0v) is 18.7. The smallest absolute Gasteiger partial charge is 0.155 e. The molecule has 0 saturated heterocycles. The molecule has 0 aliphatic heterocycles. The van der Waals surface area contributed by atoms with Crippen LogP contribution in [-0.4, -0.2) is 41.8 Å². The van der Waals surface area contributed by atoms with Crippen LogP contribution in [0.5, 0.6) is 5.75 Å². The number of nitrogens with zero attached hydrogens (tertiary/aromatic N) is 5. The zero-order valence-electron chi connectivity index (χ0n) is 18.7. The lowest BCUT2D eigenvalue weighted by Crippen LogP contribution is -1.94. The SMILES string of the molecule is COc1cc(F)cc(-c2ccnc3[nH]c(-c4n[nH]c5ncc(-c6cnc(C)n6C)cc45)cc23)c1. The highest BCUT2D eigenvalue weighted by atomic mass is 19.1. The first-order valence-electron chi connectivity index (χ1n) is 10.7. The Morgan fingerprint density at radius 3 is 2.62 bits per heavy atom. The number of fused-ring (bicyclic) bond motifs is 2. The number of nitrogens with one attached hydrogen (secondary N) is 2. The Labute approximate surface area is 193 Å². The molecule has 5 aromatic heterocycles. The van der Waals surface area contributed by atoms with Gasteiger partial charge in [0.05, 0.1) is 24.7 Å². The molecule has 0 atom stereocenters. The number of benzene rings is 1. The summed E-state index contributed by atoms with van der Waals surface area (Å²) in [6, 6.07) is 10.5. The molecule has 0 spiro atoms. The largest absolute Gasteiger partial charge is 0.497 e. The first kappa shape index (κ1) is 20.1. The average Bonchev–Trinajstić information content (AvgIpc) is 3.54. The summed E-state index contributed by atoms with van der Waals surface area (Å²) in [5.41, 5.74) is 6.33. The molecule has 168 valence electrons. The van der Waals surface area contributed by atoms with Crippen LogP contribution in [0.1, 0.15) is 5.82 Å². The first-order chi connectivity index (χ1) is 16.5. The molecule has 6 rings (SSSR count). The second kappa shape index (κ2) is 7.51. The number of imidazole rings is 1. The predicted octanol–water partition coefficient (Wildman–Crippen LogP) is 5.02. The lowest BCUT2D eigenvalue weighted by molar-refractivity contribution is 0.411. The Morgan fingerprint density at radius 2 is 1.82 bits per heavy atom. The third kappa shape index (κ3) is 3.13. The molecule has 8 nitrogen and oxygen atoms in total. The first-order valence-corrected chi connectivity index (χ1v) is 10.7. The van der Waals surface area contributed by atoms with Crippen molar-refractivity contribution in [2.45, 2.75) is 6.92 Å². The van der Waals surface area contributed by atoms with Gasteiger partial charge < -0.3 is 14.3 Å². The molecule has 6 aromatic rings. The molecule has 0 saturated carbocycles. The predicted molar refractivity (Wildman–Crippen MR) is 128 cm³/mol. The van der Waals surface area contributed by atoms with Gasteiger partial charge in [0, 0.05) is 41.8 Å². The van der Waals surface area contributed by atoms with Crippen molar-refractivity contribution in [2.75, 3.05) is 7.11 Å². The van der Waals surface area contributed by atoms with E-state index in [9.17, 15) is 4.39 Å². The maximum atomic E-state index is 14.2. The number of hydrogen-bond acceptors (Lipinski definition) is 5. The minimum atomic E-state index is -0.364. The molecule has 0 radical (unpaired) electrons. The summed E-state index contributed by atoms with van der Waals surface area (Å²) in [6.07, 6.45) is 5.34. The van der Waals surface area contributed by atoms with Crippen LogP contribution in [0.15, 0.2) is 55.0 Å². The summed E-state index contributed by atoms with van der Waals surface area (Å²) < 4.78 is 21.5. The van der Waals surface area contributed by atoms with E-state index in [-0.39, 0.29) is 5.82 Å². The van der Waals surface area contributed by atoms with E-state index < -0.39 is 0 Å². The normalized spacial score (nSPS) is 11.5. The number of rotatable bonds is 4. The van der Waals surface area contributed by atoms with E-state index in [1.807, 2.05) is 43.1 Å². The van der Waals surface area contributed by atoms with Crippen molar-refractivity contribution in [3.63, 3.8) is 0 Å². The summed E-state index contributed by atoms with van der Waals surface area (Å²) in [7, 11) is 3.50. The van der Waals surface area contributed by atoms with E-state index in [0.29, 0.717) is 22.6 Å². The minimum Gasteiger partial charge on any atom is -0.497 e. The summed E-state index contributed by atoms with van der Waals surface area (Å²) in [4.78, 5) is 16.8. The van der Waals surface area contributed by atoms with Crippen molar-refractivity contribution in [3.8, 4) is 39.5 Å². The highest BCUT2D eigenvalue weighted by Gasteiger charge is 2.17. The van der Waals surface area contributed by atoms with Gasteiger partial charge in [0.15, 0.2) is 5.65 Å². The van der Waals surface area contributed by atoms with Gasteiger partial charge in [-0.25, -0.2) is 19.3 Å². The second-order valence-electron chi connectivity index (χ2n) is 8.13. The van der Waals surface area contributed by atoms with Crippen molar-refractivity contribution in [2.24, 2.45) is 7.05 Å². The van der Waals surface area contributed by atoms with E-state index >= 15 is 0 Å². The Bertz CT molecular complexity index is 1690. The van der Waals surface area contributed by atoms with Crippen LogP contribution in [-0.2, 0) is 7.05 Å². The van der Waals surface area contributed by atoms with Gasteiger partial charge in [-0.1, -0.05) is 0 Å². The van der Waals surface area contributed by atoms with Gasteiger partial charge in [-0.2, -0.15) is 5.10 Å². The summed E-state index contributed by atoms with van der Waals surface area (Å²) in [6.45, 7) is 1.96. The lowest BCUT2D eigenvalue weighted by Gasteiger charge is -2.06. The van der Waals surface area contributed by atoms with E-state index in [4.69, 9.17) is 4.74 Å². The zero-order chi connectivity index (χ0) is 23.4. The van der Waals surface area contributed by atoms with Crippen LogP contribution in [0.4, 0.5) is 4.39 Å². The number of ether oxygens (including phenoxy) is 1. The third-order valence-electron chi connectivity index (χ3n) is 6.14. The number of halogens is 1. The van der Waals surface area contributed by atoms with Crippen LogP contribution in [0.25, 0.3) is 55.8 Å². The lowest BCUT2D eigenvalue weighted by atomic mass is 10.0. The fraction of sp³-hybridized carbons (Fsp3) is 0.120. The molecule has 0 unspecified atom stereocenters. The Hall–Kier alpha value is -4.53. The molecule has 5 heterocycles. The van der Waals surface area contributed by atoms with Gasteiger partial charge in [-0.05, 0) is 48.4 Å². The van der Waals surface area contributed by atoms with Crippen molar-refractivity contribution in [3.05, 3.63) is 66.6 Å². The molecular formula is C25H20FN7O. The minimum absolute atomic E-state index is 0.364. The molecule has 0 bridgehead atoms. The molecule has 0 aliphatic rings. The fourth-order valence-electron chi connectivity index (χ4n) is 4.26. The van der Waals surface area contributed by atoms with Gasteiger partial charge in [0.25, 0.3) is 0 Å². The van der Waals surface area contributed by atoms with E-state index in [0.717, 1.165) is 44.8 Å². The number of aromatic nitrogens is 7. The van der Waals surface area contributed by atoms with E-state index in [1.165, 1.54) is 19.2 Å². The van der Waals surface area contributed by atoms with E-state index in [2.05, 4.69) is 36.2 Å². The van der Waals surface area contributed by atoms with Crippen molar-refractivity contribution in [1.82, 2.24) is 34.7 Å².